The van der Waals surface area contributed by atoms with Crippen molar-refractivity contribution >= 4 is 5.69 Å². The Balaban J connectivity index is 3.37. The van der Waals surface area contributed by atoms with Crippen LogP contribution in [0.4, 0.5) is 14.5 Å². The number of pyridine rings is 1. The van der Waals surface area contributed by atoms with Crippen LogP contribution in [0.5, 0.6) is 0 Å². The average molecular weight is 217 g/mol. The molecule has 0 unspecified atom stereocenters. The van der Waals surface area contributed by atoms with Crippen molar-refractivity contribution in [2.75, 3.05) is 0 Å². The number of aryl methyl sites for hydroxylation is 1. The summed E-state index contributed by atoms with van der Waals surface area (Å²) in [6.45, 7) is 1.21. The van der Waals surface area contributed by atoms with Gasteiger partial charge in [0.2, 0.25) is 0 Å². The van der Waals surface area contributed by atoms with Crippen LogP contribution in [-0.2, 0) is 6.54 Å². The van der Waals surface area contributed by atoms with Crippen molar-refractivity contribution in [1.82, 2.24) is 4.98 Å². The van der Waals surface area contributed by atoms with E-state index < -0.39 is 22.6 Å². The molecule has 0 saturated carbocycles. The monoisotopic (exact) mass is 217 g/mol. The summed E-state index contributed by atoms with van der Waals surface area (Å²) in [7, 11) is 0. The van der Waals surface area contributed by atoms with Crippen molar-refractivity contribution < 1.29 is 13.7 Å². The molecule has 0 amide bonds. The lowest BCUT2D eigenvalue weighted by atomic mass is 10.1. The van der Waals surface area contributed by atoms with Crippen LogP contribution >= 0.6 is 0 Å². The fourth-order valence-electron chi connectivity index (χ4n) is 1.20. The molecule has 2 N–H and O–H groups in total. The first kappa shape index (κ1) is 11.4. The quantitative estimate of drug-likeness (QED) is 0.617. The summed E-state index contributed by atoms with van der Waals surface area (Å²) in [5.41, 5.74) is 4.41. The average Bonchev–Trinajstić information content (AvgIpc) is 2.16. The Labute approximate surface area is 84.1 Å². The van der Waals surface area contributed by atoms with Gasteiger partial charge in [0.1, 0.15) is 5.69 Å². The van der Waals surface area contributed by atoms with Crippen molar-refractivity contribution in [3.8, 4) is 0 Å². The molecule has 1 aromatic heterocycles. The van der Waals surface area contributed by atoms with Gasteiger partial charge in [0.25, 0.3) is 12.1 Å². The number of hydrogen-bond acceptors (Lipinski definition) is 4. The van der Waals surface area contributed by atoms with Crippen molar-refractivity contribution in [3.63, 3.8) is 0 Å². The normalized spacial score (nSPS) is 10.7. The molecule has 0 spiro atoms. The predicted octanol–water partition coefficient (Wildman–Crippen LogP) is 1.69. The van der Waals surface area contributed by atoms with Crippen molar-refractivity contribution in [2.24, 2.45) is 5.73 Å². The Morgan fingerprint density at radius 3 is 2.67 bits per heavy atom. The third-order valence-corrected chi connectivity index (χ3v) is 1.92. The van der Waals surface area contributed by atoms with Crippen LogP contribution in [0.3, 0.4) is 0 Å². The first-order valence-corrected chi connectivity index (χ1v) is 4.10. The van der Waals surface area contributed by atoms with Crippen LogP contribution in [0, 0.1) is 17.0 Å². The molecule has 0 bridgehead atoms. The maximum atomic E-state index is 12.5. The number of alkyl halides is 2. The van der Waals surface area contributed by atoms with E-state index in [0.29, 0.717) is 0 Å². The zero-order valence-electron chi connectivity index (χ0n) is 7.91. The van der Waals surface area contributed by atoms with Gasteiger partial charge in [-0.2, -0.15) is 0 Å². The molecule has 1 aromatic rings. The number of aromatic nitrogens is 1. The smallest absolute Gasteiger partial charge is 0.290 e. The standard InChI is InChI=1S/C8H9F2N3O2/c1-4-7(13(14)15)2-5(8(9)10)6(3-11)12-4/h2,8H,3,11H2,1H3. The molecule has 1 rings (SSSR count). The lowest BCUT2D eigenvalue weighted by Gasteiger charge is -2.07. The molecule has 7 heteroatoms. The Bertz CT molecular complexity index is 396. The minimum atomic E-state index is -2.81. The molecule has 0 aliphatic carbocycles. The van der Waals surface area contributed by atoms with E-state index in [0.717, 1.165) is 6.07 Å². The number of hydrogen-bond donors (Lipinski definition) is 1. The largest absolute Gasteiger partial charge is 0.325 e. The summed E-state index contributed by atoms with van der Waals surface area (Å²) >= 11 is 0. The zero-order valence-corrected chi connectivity index (χ0v) is 7.91. The van der Waals surface area contributed by atoms with E-state index in [1.54, 1.807) is 0 Å². The van der Waals surface area contributed by atoms with E-state index in [1.165, 1.54) is 6.92 Å². The summed E-state index contributed by atoms with van der Waals surface area (Å²) in [6.07, 6.45) is -2.81. The molecule has 0 aliphatic rings. The van der Waals surface area contributed by atoms with Crippen LogP contribution in [0.1, 0.15) is 23.4 Å². The minimum Gasteiger partial charge on any atom is -0.325 e. The zero-order chi connectivity index (χ0) is 11.6. The van der Waals surface area contributed by atoms with Gasteiger partial charge in [-0.15, -0.1) is 0 Å². The summed E-state index contributed by atoms with van der Waals surface area (Å²) < 4.78 is 24.9. The highest BCUT2D eigenvalue weighted by molar-refractivity contribution is 5.41. The minimum absolute atomic E-state index is 0.00639. The number of halogens is 2. The molecule has 5 nitrogen and oxygen atoms in total. The SMILES string of the molecule is Cc1nc(CN)c(C(F)F)cc1[N+](=O)[O-]. The van der Waals surface area contributed by atoms with Gasteiger partial charge in [-0.05, 0) is 6.92 Å². The molecule has 0 aliphatic heterocycles. The Morgan fingerprint density at radius 2 is 2.27 bits per heavy atom. The highest BCUT2D eigenvalue weighted by atomic mass is 19.3. The van der Waals surface area contributed by atoms with E-state index >= 15 is 0 Å². The fraction of sp³-hybridized carbons (Fsp3) is 0.375. The number of nitrogens with two attached hydrogens (primary N) is 1. The first-order chi connectivity index (χ1) is 6.97. The summed E-state index contributed by atoms with van der Waals surface area (Å²) in [5.74, 6) is 0. The fourth-order valence-corrected chi connectivity index (χ4v) is 1.20. The second kappa shape index (κ2) is 4.26. The summed E-state index contributed by atoms with van der Waals surface area (Å²) in [4.78, 5) is 13.4. The van der Waals surface area contributed by atoms with Crippen LogP contribution < -0.4 is 5.73 Å². The van der Waals surface area contributed by atoms with Gasteiger partial charge in [0, 0.05) is 18.2 Å². The first-order valence-electron chi connectivity index (χ1n) is 4.10. The molecule has 0 fully saturated rings. The molecular formula is C8H9F2N3O2. The van der Waals surface area contributed by atoms with E-state index in [2.05, 4.69) is 4.98 Å². The molecule has 15 heavy (non-hydrogen) atoms. The van der Waals surface area contributed by atoms with Crippen LogP contribution in [0.15, 0.2) is 6.07 Å². The Hall–Kier alpha value is -1.63. The van der Waals surface area contributed by atoms with E-state index in [-0.39, 0.29) is 17.9 Å². The van der Waals surface area contributed by atoms with E-state index in [9.17, 15) is 18.9 Å². The van der Waals surface area contributed by atoms with Crippen LogP contribution in [0.2, 0.25) is 0 Å². The molecule has 1 heterocycles. The predicted molar refractivity (Wildman–Crippen MR) is 48.5 cm³/mol. The maximum Gasteiger partial charge on any atom is 0.290 e. The molecule has 82 valence electrons. The van der Waals surface area contributed by atoms with Gasteiger partial charge in [-0.25, -0.2) is 13.8 Å². The highest BCUT2D eigenvalue weighted by Crippen LogP contribution is 2.27. The second-order valence-electron chi connectivity index (χ2n) is 2.89. The summed E-state index contributed by atoms with van der Waals surface area (Å²) in [6, 6.07) is 0.829. The molecule has 0 radical (unpaired) electrons. The van der Waals surface area contributed by atoms with Gasteiger partial charge in [-0.1, -0.05) is 0 Å². The lowest BCUT2D eigenvalue weighted by molar-refractivity contribution is -0.385. The van der Waals surface area contributed by atoms with E-state index in [1.807, 2.05) is 0 Å². The number of rotatable bonds is 3. The molecular weight excluding hydrogens is 208 g/mol. The van der Waals surface area contributed by atoms with Gasteiger partial charge in [-0.3, -0.25) is 10.1 Å². The van der Waals surface area contributed by atoms with Gasteiger partial charge in [0.05, 0.1) is 10.6 Å². The topological polar surface area (TPSA) is 82.0 Å². The van der Waals surface area contributed by atoms with Crippen LogP contribution in [-0.4, -0.2) is 9.91 Å². The number of nitro groups is 1. The highest BCUT2D eigenvalue weighted by Gasteiger charge is 2.21. The third-order valence-electron chi connectivity index (χ3n) is 1.92. The van der Waals surface area contributed by atoms with Gasteiger partial charge >= 0.3 is 0 Å². The summed E-state index contributed by atoms with van der Waals surface area (Å²) in [5, 5.41) is 10.5. The van der Waals surface area contributed by atoms with E-state index in [4.69, 9.17) is 5.73 Å². The van der Waals surface area contributed by atoms with Crippen molar-refractivity contribution in [2.45, 2.75) is 19.9 Å². The number of nitrogens with zero attached hydrogens (tertiary/aromatic N) is 2. The Kier molecular flexibility index (Phi) is 3.25. The second-order valence-corrected chi connectivity index (χ2v) is 2.89. The van der Waals surface area contributed by atoms with Crippen LogP contribution in [0.25, 0.3) is 0 Å². The lowest BCUT2D eigenvalue weighted by Crippen LogP contribution is -2.08. The molecule has 0 atom stereocenters. The van der Waals surface area contributed by atoms with Gasteiger partial charge < -0.3 is 5.73 Å². The van der Waals surface area contributed by atoms with Gasteiger partial charge in [0.15, 0.2) is 0 Å². The maximum absolute atomic E-state index is 12.5. The third kappa shape index (κ3) is 2.24. The molecule has 0 aromatic carbocycles. The molecule has 0 saturated heterocycles. The Morgan fingerprint density at radius 1 is 1.67 bits per heavy atom. The van der Waals surface area contributed by atoms with Crippen molar-refractivity contribution in [3.05, 3.63) is 33.1 Å². The van der Waals surface area contributed by atoms with Crippen molar-refractivity contribution in [1.29, 1.82) is 0 Å².